The number of hydrogen-bond acceptors (Lipinski definition) is 4. The maximum absolute atomic E-state index is 12.2. The van der Waals surface area contributed by atoms with Crippen molar-refractivity contribution >= 4 is 23.3 Å². The van der Waals surface area contributed by atoms with Gasteiger partial charge in [0.15, 0.2) is 0 Å². The van der Waals surface area contributed by atoms with Gasteiger partial charge in [-0.3, -0.25) is 4.79 Å². The van der Waals surface area contributed by atoms with Crippen LogP contribution < -0.4 is 21.3 Å². The van der Waals surface area contributed by atoms with Gasteiger partial charge in [0.25, 0.3) is 0 Å². The number of rotatable bonds is 3. The highest BCUT2D eigenvalue weighted by Crippen LogP contribution is 2.16. The van der Waals surface area contributed by atoms with E-state index in [0.717, 1.165) is 0 Å². The molecule has 0 unspecified atom stereocenters. The van der Waals surface area contributed by atoms with Crippen molar-refractivity contribution < 1.29 is 14.3 Å². The Morgan fingerprint density at radius 1 is 1.29 bits per heavy atom. The second-order valence-electron chi connectivity index (χ2n) is 4.78. The molecule has 0 aromatic heterocycles. The van der Waals surface area contributed by atoms with Crippen LogP contribution in [0.25, 0.3) is 0 Å². The molecule has 1 heterocycles. The number of amides is 3. The minimum absolute atomic E-state index is 0.153. The second kappa shape index (κ2) is 7.05. The molecule has 1 saturated heterocycles. The van der Waals surface area contributed by atoms with Crippen molar-refractivity contribution in [1.29, 1.82) is 0 Å². The predicted octanol–water partition coefficient (Wildman–Crippen LogP) is 0.753. The molecule has 0 bridgehead atoms. The summed E-state index contributed by atoms with van der Waals surface area (Å²) in [6.07, 6.45) is -0.175. The van der Waals surface area contributed by atoms with Crippen LogP contribution in [0.15, 0.2) is 24.3 Å². The van der Waals surface area contributed by atoms with E-state index in [2.05, 4.69) is 21.3 Å². The number of urea groups is 1. The molecule has 114 valence electrons. The van der Waals surface area contributed by atoms with Gasteiger partial charge in [-0.1, -0.05) is 6.07 Å². The van der Waals surface area contributed by atoms with E-state index in [1.165, 1.54) is 7.05 Å². The molecular weight excluding hydrogens is 272 g/mol. The summed E-state index contributed by atoms with van der Waals surface area (Å²) in [5, 5.41) is 11.1. The number of carbonyl (C=O) groups excluding carboxylic acids is 2. The molecule has 0 radical (unpaired) electrons. The molecule has 4 N–H and O–H groups in total. The van der Waals surface area contributed by atoms with Gasteiger partial charge in [0.1, 0.15) is 6.04 Å². The number of carbonyl (C=O) groups is 2. The molecule has 7 nitrogen and oxygen atoms in total. The molecule has 7 heteroatoms. The van der Waals surface area contributed by atoms with Crippen molar-refractivity contribution in [2.75, 3.05) is 30.8 Å². The molecule has 1 aromatic rings. The molecule has 0 aliphatic carbocycles. The zero-order chi connectivity index (χ0) is 15.2. The smallest absolute Gasteiger partial charge is 0.318 e. The lowest BCUT2D eigenvalue weighted by atomic mass is 10.1. The molecule has 21 heavy (non-hydrogen) atoms. The van der Waals surface area contributed by atoms with Crippen molar-refractivity contribution in [1.82, 2.24) is 10.6 Å². The fraction of sp³-hybridized carbons (Fsp3) is 0.429. The molecule has 0 saturated carbocycles. The fourth-order valence-corrected chi connectivity index (χ4v) is 2.12. The summed E-state index contributed by atoms with van der Waals surface area (Å²) < 4.78 is 5.45. The topological polar surface area (TPSA) is 91.5 Å². The standard InChI is InChI=1S/C14H20N4O3/c1-9-12(16-6-7-21-9)13(19)17-10-4-3-5-11(8-10)18-14(20)15-2/h3-5,8-9,12,16H,6-7H2,1-2H3,(H,17,19)(H2,15,18,20)/t9-,12+/m1/s1. The highest BCUT2D eigenvalue weighted by molar-refractivity contribution is 5.96. The Bertz CT molecular complexity index is 521. The van der Waals surface area contributed by atoms with E-state index in [-0.39, 0.29) is 24.1 Å². The number of benzene rings is 1. The van der Waals surface area contributed by atoms with Crippen molar-refractivity contribution in [2.45, 2.75) is 19.1 Å². The lowest BCUT2D eigenvalue weighted by Crippen LogP contribution is -2.53. The lowest BCUT2D eigenvalue weighted by Gasteiger charge is -2.29. The van der Waals surface area contributed by atoms with Gasteiger partial charge in [-0.25, -0.2) is 4.79 Å². The maximum Gasteiger partial charge on any atom is 0.318 e. The number of ether oxygens (including phenoxy) is 1. The van der Waals surface area contributed by atoms with Crippen molar-refractivity contribution in [3.05, 3.63) is 24.3 Å². The summed E-state index contributed by atoms with van der Waals surface area (Å²) >= 11 is 0. The quantitative estimate of drug-likeness (QED) is 0.662. The summed E-state index contributed by atoms with van der Waals surface area (Å²) in [6, 6.07) is 6.27. The normalized spacial score (nSPS) is 21.4. The van der Waals surface area contributed by atoms with Gasteiger partial charge in [-0.15, -0.1) is 0 Å². The van der Waals surface area contributed by atoms with E-state index < -0.39 is 0 Å². The van der Waals surface area contributed by atoms with E-state index in [1.807, 2.05) is 6.92 Å². The largest absolute Gasteiger partial charge is 0.375 e. The number of hydrogen-bond donors (Lipinski definition) is 4. The summed E-state index contributed by atoms with van der Waals surface area (Å²) in [5.74, 6) is -0.153. The molecule has 1 aromatic carbocycles. The van der Waals surface area contributed by atoms with Crippen LogP contribution in [0.4, 0.5) is 16.2 Å². The Kier molecular flexibility index (Phi) is 5.13. The number of morpholine rings is 1. The molecule has 2 rings (SSSR count). The van der Waals surface area contributed by atoms with E-state index in [1.54, 1.807) is 24.3 Å². The first kappa shape index (κ1) is 15.3. The number of nitrogens with one attached hydrogen (secondary N) is 4. The third-order valence-corrected chi connectivity index (χ3v) is 3.21. The molecule has 3 amide bonds. The first-order valence-electron chi connectivity index (χ1n) is 6.85. The fourth-order valence-electron chi connectivity index (χ4n) is 2.12. The Balaban J connectivity index is 2.00. The van der Waals surface area contributed by atoms with Crippen LogP contribution in [0.5, 0.6) is 0 Å². The highest BCUT2D eigenvalue weighted by atomic mass is 16.5. The van der Waals surface area contributed by atoms with Crippen molar-refractivity contribution in [2.24, 2.45) is 0 Å². The lowest BCUT2D eigenvalue weighted by molar-refractivity contribution is -0.123. The molecular formula is C14H20N4O3. The van der Waals surface area contributed by atoms with Crippen LogP contribution in [0, 0.1) is 0 Å². The third kappa shape index (κ3) is 4.17. The average Bonchev–Trinajstić information content (AvgIpc) is 2.47. The summed E-state index contributed by atoms with van der Waals surface area (Å²) in [7, 11) is 1.54. The van der Waals surface area contributed by atoms with Gasteiger partial charge in [0, 0.05) is 25.0 Å². The summed E-state index contributed by atoms with van der Waals surface area (Å²) in [6.45, 7) is 3.12. The second-order valence-corrected chi connectivity index (χ2v) is 4.78. The predicted molar refractivity (Wildman–Crippen MR) is 80.4 cm³/mol. The van der Waals surface area contributed by atoms with Crippen LogP contribution >= 0.6 is 0 Å². The van der Waals surface area contributed by atoms with Crippen LogP contribution in [0.3, 0.4) is 0 Å². The van der Waals surface area contributed by atoms with Gasteiger partial charge >= 0.3 is 6.03 Å². The van der Waals surface area contributed by atoms with Crippen molar-refractivity contribution in [3.63, 3.8) is 0 Å². The van der Waals surface area contributed by atoms with E-state index in [0.29, 0.717) is 24.5 Å². The molecule has 0 spiro atoms. The minimum Gasteiger partial charge on any atom is -0.375 e. The monoisotopic (exact) mass is 292 g/mol. The van der Waals surface area contributed by atoms with Gasteiger partial charge in [0.05, 0.1) is 12.7 Å². The molecule has 1 fully saturated rings. The van der Waals surface area contributed by atoms with Crippen LogP contribution in [0.2, 0.25) is 0 Å². The summed E-state index contributed by atoms with van der Waals surface area (Å²) in [4.78, 5) is 23.5. The Hall–Kier alpha value is -2.12. The Labute approximate surface area is 123 Å². The van der Waals surface area contributed by atoms with E-state index in [9.17, 15) is 9.59 Å². The molecule has 1 aliphatic rings. The van der Waals surface area contributed by atoms with E-state index in [4.69, 9.17) is 4.74 Å². The SMILES string of the molecule is CNC(=O)Nc1cccc(NC(=O)[C@H]2NCCO[C@@H]2C)c1. The number of anilines is 2. The third-order valence-electron chi connectivity index (χ3n) is 3.21. The Morgan fingerprint density at radius 2 is 2.00 bits per heavy atom. The Morgan fingerprint density at radius 3 is 2.67 bits per heavy atom. The van der Waals surface area contributed by atoms with E-state index >= 15 is 0 Å². The van der Waals surface area contributed by atoms with Crippen molar-refractivity contribution in [3.8, 4) is 0 Å². The molecule has 1 aliphatic heterocycles. The van der Waals surface area contributed by atoms with Crippen LogP contribution in [-0.2, 0) is 9.53 Å². The van der Waals surface area contributed by atoms with Gasteiger partial charge in [-0.2, -0.15) is 0 Å². The van der Waals surface area contributed by atoms with Crippen LogP contribution in [-0.4, -0.2) is 44.3 Å². The minimum atomic E-state index is -0.380. The average molecular weight is 292 g/mol. The first-order chi connectivity index (χ1) is 10.1. The van der Waals surface area contributed by atoms with Crippen LogP contribution in [0.1, 0.15) is 6.92 Å². The van der Waals surface area contributed by atoms with Gasteiger partial charge in [-0.05, 0) is 25.1 Å². The molecule has 2 atom stereocenters. The summed E-state index contributed by atoms with van der Waals surface area (Å²) in [5.41, 5.74) is 1.22. The first-order valence-corrected chi connectivity index (χ1v) is 6.85. The highest BCUT2D eigenvalue weighted by Gasteiger charge is 2.28. The zero-order valence-corrected chi connectivity index (χ0v) is 12.1. The maximum atomic E-state index is 12.2. The zero-order valence-electron chi connectivity index (χ0n) is 12.1. The van der Waals surface area contributed by atoms with Gasteiger partial charge < -0.3 is 26.0 Å². The van der Waals surface area contributed by atoms with Gasteiger partial charge in [0.2, 0.25) is 5.91 Å².